The number of H-pyrrole nitrogens is 1. The van der Waals surface area contributed by atoms with Crippen LogP contribution in [0.1, 0.15) is 5.69 Å². The molecule has 0 atom stereocenters. The summed E-state index contributed by atoms with van der Waals surface area (Å²) in [5, 5.41) is 0.592. The highest BCUT2D eigenvalue weighted by atomic mass is 79.9. The van der Waals surface area contributed by atoms with Crippen LogP contribution in [0.4, 0.5) is 4.39 Å². The second kappa shape index (κ2) is 4.21. The van der Waals surface area contributed by atoms with Crippen molar-refractivity contribution >= 4 is 26.8 Å². The largest absolute Gasteiger partial charge is 0.354 e. The van der Waals surface area contributed by atoms with Crippen molar-refractivity contribution in [1.29, 1.82) is 0 Å². The van der Waals surface area contributed by atoms with E-state index in [-0.39, 0.29) is 5.82 Å². The smallest absolute Gasteiger partial charge is 0.146 e. The van der Waals surface area contributed by atoms with E-state index in [1.165, 1.54) is 0 Å². The number of fused-ring (bicyclic) bond motifs is 1. The molecule has 0 aliphatic heterocycles. The van der Waals surface area contributed by atoms with Crippen LogP contribution in [0.2, 0.25) is 0 Å². The highest BCUT2D eigenvalue weighted by Crippen LogP contribution is 2.29. The Kier molecular flexibility index (Phi) is 2.67. The number of rotatable bonds is 1. The van der Waals surface area contributed by atoms with Gasteiger partial charge in [0.1, 0.15) is 5.82 Å². The van der Waals surface area contributed by atoms with E-state index in [9.17, 15) is 4.39 Å². The van der Waals surface area contributed by atoms with Gasteiger partial charge in [0.25, 0.3) is 0 Å². The van der Waals surface area contributed by atoms with Gasteiger partial charge in [-0.15, -0.1) is 0 Å². The normalized spacial score (nSPS) is 11.1. The zero-order chi connectivity index (χ0) is 12.7. The van der Waals surface area contributed by atoms with E-state index in [0.29, 0.717) is 9.86 Å². The SMILES string of the molecule is Cc1cc(-c2cc3c(F)c(Br)ccc3[nH]2)ccn1. The summed E-state index contributed by atoms with van der Waals surface area (Å²) >= 11 is 3.19. The fourth-order valence-electron chi connectivity index (χ4n) is 2.01. The molecule has 0 fully saturated rings. The Hall–Kier alpha value is -1.68. The van der Waals surface area contributed by atoms with Crippen LogP contribution < -0.4 is 0 Å². The number of aromatic nitrogens is 2. The van der Waals surface area contributed by atoms with E-state index in [1.54, 1.807) is 12.3 Å². The second-order valence-electron chi connectivity index (χ2n) is 4.19. The maximum atomic E-state index is 13.9. The third kappa shape index (κ3) is 1.82. The van der Waals surface area contributed by atoms with Gasteiger partial charge in [-0.25, -0.2) is 4.39 Å². The van der Waals surface area contributed by atoms with Crippen LogP contribution in [-0.4, -0.2) is 9.97 Å². The van der Waals surface area contributed by atoms with Crippen molar-refractivity contribution in [3.05, 3.63) is 52.5 Å². The fraction of sp³-hybridized carbons (Fsp3) is 0.0714. The van der Waals surface area contributed by atoms with E-state index < -0.39 is 0 Å². The third-order valence-corrected chi connectivity index (χ3v) is 3.51. The Morgan fingerprint density at radius 1 is 1.22 bits per heavy atom. The minimum Gasteiger partial charge on any atom is -0.354 e. The van der Waals surface area contributed by atoms with E-state index in [4.69, 9.17) is 0 Å². The molecule has 0 aliphatic carbocycles. The van der Waals surface area contributed by atoms with Gasteiger partial charge in [-0.1, -0.05) is 0 Å². The van der Waals surface area contributed by atoms with Crippen molar-refractivity contribution < 1.29 is 4.39 Å². The molecule has 2 heterocycles. The topological polar surface area (TPSA) is 28.7 Å². The van der Waals surface area contributed by atoms with E-state index >= 15 is 0 Å². The minimum atomic E-state index is -0.235. The first-order valence-electron chi connectivity index (χ1n) is 5.55. The van der Waals surface area contributed by atoms with Crippen LogP contribution in [0.15, 0.2) is 41.0 Å². The molecule has 2 aromatic heterocycles. The van der Waals surface area contributed by atoms with Gasteiger partial charge in [0.05, 0.1) is 4.47 Å². The van der Waals surface area contributed by atoms with Crippen molar-refractivity contribution in [1.82, 2.24) is 9.97 Å². The summed E-state index contributed by atoms with van der Waals surface area (Å²) < 4.78 is 14.4. The van der Waals surface area contributed by atoms with Crippen LogP contribution >= 0.6 is 15.9 Å². The third-order valence-electron chi connectivity index (χ3n) is 2.90. The maximum absolute atomic E-state index is 13.9. The first-order valence-corrected chi connectivity index (χ1v) is 6.34. The molecule has 4 heteroatoms. The minimum absolute atomic E-state index is 0.235. The zero-order valence-corrected chi connectivity index (χ0v) is 11.3. The lowest BCUT2D eigenvalue weighted by Gasteiger charge is -1.97. The Morgan fingerprint density at radius 3 is 2.83 bits per heavy atom. The molecule has 2 nitrogen and oxygen atoms in total. The summed E-state index contributed by atoms with van der Waals surface area (Å²) in [6.45, 7) is 1.93. The fourth-order valence-corrected chi connectivity index (χ4v) is 2.36. The first kappa shape index (κ1) is 11.4. The van der Waals surface area contributed by atoms with Crippen molar-refractivity contribution in [2.45, 2.75) is 6.92 Å². The van der Waals surface area contributed by atoms with Crippen molar-refractivity contribution in [3.63, 3.8) is 0 Å². The van der Waals surface area contributed by atoms with Crippen LogP contribution in [-0.2, 0) is 0 Å². The number of pyridine rings is 1. The Bertz CT molecular complexity index is 734. The lowest BCUT2D eigenvalue weighted by molar-refractivity contribution is 0.633. The van der Waals surface area contributed by atoms with E-state index in [1.807, 2.05) is 31.2 Å². The average molecular weight is 305 g/mol. The molecule has 1 N–H and O–H groups in total. The van der Waals surface area contributed by atoms with Crippen LogP contribution in [0.25, 0.3) is 22.2 Å². The van der Waals surface area contributed by atoms with E-state index in [2.05, 4.69) is 25.9 Å². The number of aryl methyl sites for hydroxylation is 1. The summed E-state index contributed by atoms with van der Waals surface area (Å²) in [7, 11) is 0. The second-order valence-corrected chi connectivity index (χ2v) is 5.05. The van der Waals surface area contributed by atoms with Crippen molar-refractivity contribution in [2.75, 3.05) is 0 Å². The summed E-state index contributed by atoms with van der Waals surface area (Å²) in [5.74, 6) is -0.235. The zero-order valence-electron chi connectivity index (χ0n) is 9.67. The molecule has 0 saturated heterocycles. The van der Waals surface area contributed by atoms with Crippen molar-refractivity contribution in [3.8, 4) is 11.3 Å². The highest BCUT2D eigenvalue weighted by Gasteiger charge is 2.09. The monoisotopic (exact) mass is 304 g/mol. The van der Waals surface area contributed by atoms with Gasteiger partial charge in [0, 0.05) is 34.1 Å². The predicted octanol–water partition coefficient (Wildman–Crippen LogP) is 4.44. The molecule has 0 spiro atoms. The number of nitrogens with zero attached hydrogens (tertiary/aromatic N) is 1. The Labute approximate surface area is 112 Å². The summed E-state index contributed by atoms with van der Waals surface area (Å²) in [4.78, 5) is 7.37. The summed E-state index contributed by atoms with van der Waals surface area (Å²) in [6, 6.07) is 9.27. The Balaban J connectivity index is 2.23. The molecule has 1 aromatic carbocycles. The molecular formula is C14H10BrFN2. The lowest BCUT2D eigenvalue weighted by atomic mass is 10.1. The number of hydrogen-bond donors (Lipinski definition) is 1. The van der Waals surface area contributed by atoms with E-state index in [0.717, 1.165) is 22.5 Å². The van der Waals surface area contributed by atoms with Gasteiger partial charge < -0.3 is 4.98 Å². The molecule has 18 heavy (non-hydrogen) atoms. The molecule has 0 bridgehead atoms. The molecule has 0 radical (unpaired) electrons. The number of halogens is 2. The molecular weight excluding hydrogens is 295 g/mol. The van der Waals surface area contributed by atoms with Crippen molar-refractivity contribution in [2.24, 2.45) is 0 Å². The van der Waals surface area contributed by atoms with Gasteiger partial charge in [0.15, 0.2) is 0 Å². The van der Waals surface area contributed by atoms with Gasteiger partial charge in [-0.2, -0.15) is 0 Å². The molecule has 3 rings (SSSR count). The van der Waals surface area contributed by atoms with Gasteiger partial charge in [-0.3, -0.25) is 4.98 Å². The summed E-state index contributed by atoms with van der Waals surface area (Å²) in [5.41, 5.74) is 3.63. The van der Waals surface area contributed by atoms with Crippen LogP contribution in [0.3, 0.4) is 0 Å². The molecule has 0 saturated carbocycles. The number of aromatic amines is 1. The van der Waals surface area contributed by atoms with Gasteiger partial charge >= 0.3 is 0 Å². The molecule has 3 aromatic rings. The number of benzene rings is 1. The number of nitrogens with one attached hydrogen (secondary N) is 1. The van der Waals surface area contributed by atoms with Gasteiger partial charge in [-0.05, 0) is 53.2 Å². The molecule has 0 amide bonds. The van der Waals surface area contributed by atoms with Gasteiger partial charge in [0.2, 0.25) is 0 Å². The summed E-state index contributed by atoms with van der Waals surface area (Å²) in [6.07, 6.45) is 1.75. The lowest BCUT2D eigenvalue weighted by Crippen LogP contribution is -1.82. The molecule has 0 unspecified atom stereocenters. The first-order chi connectivity index (χ1) is 8.65. The number of hydrogen-bond acceptors (Lipinski definition) is 1. The Morgan fingerprint density at radius 2 is 2.06 bits per heavy atom. The maximum Gasteiger partial charge on any atom is 0.146 e. The quantitative estimate of drug-likeness (QED) is 0.707. The van der Waals surface area contributed by atoms with Crippen LogP contribution in [0, 0.1) is 12.7 Å². The highest BCUT2D eigenvalue weighted by molar-refractivity contribution is 9.10. The molecule has 0 aliphatic rings. The average Bonchev–Trinajstić information content (AvgIpc) is 2.79. The standard InChI is InChI=1S/C14H10BrFN2/c1-8-6-9(4-5-17-8)13-7-10-12(18-13)3-2-11(15)14(10)16/h2-7,18H,1H3. The van der Waals surface area contributed by atoms with Crippen LogP contribution in [0.5, 0.6) is 0 Å². The molecule has 90 valence electrons. The predicted molar refractivity (Wildman–Crippen MR) is 73.9 cm³/mol.